The Bertz CT molecular complexity index is 453. The van der Waals surface area contributed by atoms with Crippen molar-refractivity contribution in [2.75, 3.05) is 0 Å². The van der Waals surface area contributed by atoms with Crippen LogP contribution >= 0.6 is 0 Å². The number of aliphatic imine (C=N–C) groups is 1. The van der Waals surface area contributed by atoms with Crippen molar-refractivity contribution in [2.45, 2.75) is 6.42 Å². The summed E-state index contributed by atoms with van der Waals surface area (Å²) in [7, 11) is 0. The second-order valence-corrected chi connectivity index (χ2v) is 3.23. The average molecular weight is 196 g/mol. The van der Waals surface area contributed by atoms with E-state index in [9.17, 15) is 0 Å². The van der Waals surface area contributed by atoms with E-state index < -0.39 is 0 Å². The van der Waals surface area contributed by atoms with Crippen LogP contribution in [0.4, 0.5) is 0 Å². The molecule has 74 valence electrons. The summed E-state index contributed by atoms with van der Waals surface area (Å²) >= 11 is 0. The van der Waals surface area contributed by atoms with Gasteiger partial charge in [-0.3, -0.25) is 9.98 Å². The van der Waals surface area contributed by atoms with Crippen molar-refractivity contribution >= 4 is 18.0 Å². The van der Waals surface area contributed by atoms with Gasteiger partial charge in [0.05, 0.1) is 11.4 Å². The predicted molar refractivity (Wildman–Crippen MR) is 64.6 cm³/mol. The van der Waals surface area contributed by atoms with Crippen LogP contribution in [0.1, 0.15) is 17.7 Å². The molecule has 2 heterocycles. The lowest BCUT2D eigenvalue weighted by atomic mass is 10.1. The van der Waals surface area contributed by atoms with Gasteiger partial charge in [-0.15, -0.1) is 0 Å². The Hall–Kier alpha value is -1.96. The molecule has 2 heteroatoms. The summed E-state index contributed by atoms with van der Waals surface area (Å²) in [4.78, 5) is 8.51. The van der Waals surface area contributed by atoms with Crippen molar-refractivity contribution in [3.63, 3.8) is 0 Å². The quantitative estimate of drug-likeness (QED) is 0.626. The molecule has 0 saturated carbocycles. The molecule has 15 heavy (non-hydrogen) atoms. The maximum absolute atomic E-state index is 4.29. The first-order valence-electron chi connectivity index (χ1n) is 4.88. The van der Waals surface area contributed by atoms with Crippen LogP contribution in [0.15, 0.2) is 48.1 Å². The van der Waals surface area contributed by atoms with Crippen LogP contribution in [-0.4, -0.2) is 11.2 Å². The number of hydrogen-bond acceptors (Lipinski definition) is 2. The minimum atomic E-state index is 0.696. The van der Waals surface area contributed by atoms with Gasteiger partial charge in [-0.2, -0.15) is 0 Å². The first-order chi connectivity index (χ1) is 7.38. The van der Waals surface area contributed by atoms with E-state index in [0.717, 1.165) is 17.7 Å². The Kier molecular flexibility index (Phi) is 2.88. The second-order valence-electron chi connectivity index (χ2n) is 3.23. The summed E-state index contributed by atoms with van der Waals surface area (Å²) in [6.07, 6.45) is 12.5. The number of hydrogen-bond donors (Lipinski definition) is 0. The number of nitrogens with zero attached hydrogens (tertiary/aromatic N) is 2. The standard InChI is InChI=1S/C13H12N2/c1-11-13-12(8-6-10-15-13)7-4-2-3-5-9-14-11/h3-10H,1-2H2/b5-3-,7-4-,14-9?. The Morgan fingerprint density at radius 1 is 1.27 bits per heavy atom. The molecule has 0 fully saturated rings. The number of pyridine rings is 1. The number of aromatic nitrogens is 1. The predicted octanol–water partition coefficient (Wildman–Crippen LogP) is 3.10. The van der Waals surface area contributed by atoms with Crippen molar-refractivity contribution in [1.29, 1.82) is 0 Å². The van der Waals surface area contributed by atoms with Crippen LogP contribution in [0.25, 0.3) is 11.8 Å². The summed E-state index contributed by atoms with van der Waals surface area (Å²) < 4.78 is 0. The summed E-state index contributed by atoms with van der Waals surface area (Å²) in [5.74, 6) is 0. The fourth-order valence-corrected chi connectivity index (χ4v) is 1.40. The highest BCUT2D eigenvalue weighted by Crippen LogP contribution is 2.17. The van der Waals surface area contributed by atoms with Crippen molar-refractivity contribution in [3.8, 4) is 0 Å². The molecule has 2 rings (SSSR count). The van der Waals surface area contributed by atoms with Gasteiger partial charge in [-0.05, 0) is 18.6 Å². The van der Waals surface area contributed by atoms with Crippen molar-refractivity contribution in [2.24, 2.45) is 4.99 Å². The first-order valence-corrected chi connectivity index (χ1v) is 4.88. The molecule has 0 unspecified atom stereocenters. The zero-order valence-corrected chi connectivity index (χ0v) is 8.43. The fraction of sp³-hybridized carbons (Fsp3) is 0.0769. The average Bonchev–Trinajstić information content (AvgIpc) is 2.28. The molecule has 0 spiro atoms. The second kappa shape index (κ2) is 4.51. The van der Waals surface area contributed by atoms with E-state index in [2.05, 4.69) is 34.8 Å². The normalized spacial score (nSPS) is 19.3. The highest BCUT2D eigenvalue weighted by Gasteiger charge is 2.03. The highest BCUT2D eigenvalue weighted by atomic mass is 14.8. The third-order valence-corrected chi connectivity index (χ3v) is 2.13. The van der Waals surface area contributed by atoms with Gasteiger partial charge in [0.1, 0.15) is 0 Å². The Morgan fingerprint density at radius 2 is 2.20 bits per heavy atom. The van der Waals surface area contributed by atoms with Crippen LogP contribution in [-0.2, 0) is 0 Å². The van der Waals surface area contributed by atoms with Crippen LogP contribution in [0.2, 0.25) is 0 Å². The van der Waals surface area contributed by atoms with Gasteiger partial charge in [0.2, 0.25) is 0 Å². The molecule has 1 aromatic rings. The SMILES string of the molecule is C=C1N=C/C=C\C/C=C\c2cccnc21. The zero-order valence-electron chi connectivity index (χ0n) is 8.43. The molecule has 0 atom stereocenters. The van der Waals surface area contributed by atoms with Gasteiger partial charge < -0.3 is 0 Å². The van der Waals surface area contributed by atoms with Gasteiger partial charge in [0.15, 0.2) is 0 Å². The molecule has 0 amide bonds. The van der Waals surface area contributed by atoms with Crippen LogP contribution < -0.4 is 0 Å². The van der Waals surface area contributed by atoms with Gasteiger partial charge in [0.25, 0.3) is 0 Å². The minimum Gasteiger partial charge on any atom is -0.255 e. The Morgan fingerprint density at radius 3 is 3.13 bits per heavy atom. The van der Waals surface area contributed by atoms with Crippen molar-refractivity contribution in [3.05, 3.63) is 54.4 Å². The van der Waals surface area contributed by atoms with Crippen molar-refractivity contribution < 1.29 is 0 Å². The van der Waals surface area contributed by atoms with E-state index in [1.165, 1.54) is 0 Å². The highest BCUT2D eigenvalue weighted by molar-refractivity contribution is 5.81. The first kappa shape index (κ1) is 9.59. The van der Waals surface area contributed by atoms with Gasteiger partial charge >= 0.3 is 0 Å². The maximum Gasteiger partial charge on any atom is 0.0952 e. The molecular weight excluding hydrogens is 184 g/mol. The van der Waals surface area contributed by atoms with Gasteiger partial charge in [0, 0.05) is 18.0 Å². The molecule has 1 aromatic heterocycles. The van der Waals surface area contributed by atoms with E-state index in [1.54, 1.807) is 12.4 Å². The topological polar surface area (TPSA) is 25.2 Å². The van der Waals surface area contributed by atoms with E-state index in [4.69, 9.17) is 0 Å². The largest absolute Gasteiger partial charge is 0.255 e. The fourth-order valence-electron chi connectivity index (χ4n) is 1.40. The van der Waals surface area contributed by atoms with E-state index >= 15 is 0 Å². The lowest BCUT2D eigenvalue weighted by Crippen LogP contribution is -1.90. The van der Waals surface area contributed by atoms with E-state index in [-0.39, 0.29) is 0 Å². The van der Waals surface area contributed by atoms with Gasteiger partial charge in [-0.1, -0.05) is 30.9 Å². The third kappa shape index (κ3) is 2.29. The lowest BCUT2D eigenvalue weighted by Gasteiger charge is -2.03. The monoisotopic (exact) mass is 196 g/mol. The summed E-state index contributed by atoms with van der Waals surface area (Å²) in [5, 5.41) is 0. The molecule has 0 N–H and O–H groups in total. The molecule has 1 aliphatic heterocycles. The molecule has 0 aliphatic carbocycles. The van der Waals surface area contributed by atoms with E-state index in [0.29, 0.717) is 5.70 Å². The lowest BCUT2D eigenvalue weighted by molar-refractivity contribution is 1.24. The minimum absolute atomic E-state index is 0.696. The smallest absolute Gasteiger partial charge is 0.0952 e. The van der Waals surface area contributed by atoms with E-state index in [1.807, 2.05) is 18.2 Å². The molecule has 0 bridgehead atoms. The molecule has 0 aromatic carbocycles. The molecule has 2 nitrogen and oxygen atoms in total. The molecule has 0 radical (unpaired) electrons. The van der Waals surface area contributed by atoms with Gasteiger partial charge in [-0.25, -0.2) is 0 Å². The number of allylic oxidation sites excluding steroid dienone is 3. The molecule has 0 saturated heterocycles. The molecular formula is C13H12N2. The maximum atomic E-state index is 4.29. The Labute approximate surface area is 89.4 Å². The summed E-state index contributed by atoms with van der Waals surface area (Å²) in [5.41, 5.74) is 2.61. The van der Waals surface area contributed by atoms with Crippen LogP contribution in [0.3, 0.4) is 0 Å². The number of fused-ring (bicyclic) bond motifs is 1. The van der Waals surface area contributed by atoms with Crippen LogP contribution in [0.5, 0.6) is 0 Å². The molecule has 1 aliphatic rings. The number of rotatable bonds is 0. The third-order valence-electron chi connectivity index (χ3n) is 2.13. The van der Waals surface area contributed by atoms with Crippen molar-refractivity contribution in [1.82, 2.24) is 4.98 Å². The summed E-state index contributed by atoms with van der Waals surface area (Å²) in [6, 6.07) is 3.94. The Balaban J connectivity index is 2.48. The van der Waals surface area contributed by atoms with Crippen LogP contribution in [0, 0.1) is 0 Å². The summed E-state index contributed by atoms with van der Waals surface area (Å²) in [6.45, 7) is 3.90. The zero-order chi connectivity index (χ0) is 10.5.